The number of hydrogen-bond acceptors (Lipinski definition) is 5. The SMILES string of the molecule is O=C1NCC[C@H]1C[C@H](NC(=O)[C@@H]1CC2(CC2)CN1C(=O)c1ccc(F)cc1F)C(=O)COC(F)(F)F. The topological polar surface area (TPSA) is 105 Å². The van der Waals surface area contributed by atoms with E-state index in [2.05, 4.69) is 15.4 Å². The highest BCUT2D eigenvalue weighted by Crippen LogP contribution is 2.55. The molecule has 3 fully saturated rings. The first-order valence-corrected chi connectivity index (χ1v) is 11.4. The molecule has 3 amide bonds. The molecular weight excluding hydrogens is 493 g/mol. The van der Waals surface area contributed by atoms with Gasteiger partial charge in [-0.1, -0.05) is 0 Å². The monoisotopic (exact) mass is 517 g/mol. The Kier molecular flexibility index (Phi) is 7.04. The lowest BCUT2D eigenvalue weighted by Crippen LogP contribution is -2.52. The van der Waals surface area contributed by atoms with Crippen molar-refractivity contribution in [1.82, 2.24) is 15.5 Å². The van der Waals surface area contributed by atoms with Crippen LogP contribution in [0.1, 0.15) is 42.5 Å². The minimum absolute atomic E-state index is 0.140. The third-order valence-electron chi connectivity index (χ3n) is 6.96. The van der Waals surface area contributed by atoms with Crippen molar-refractivity contribution in [2.45, 2.75) is 50.6 Å². The fraction of sp³-hybridized carbons (Fsp3) is 0.565. The van der Waals surface area contributed by atoms with Crippen molar-refractivity contribution in [1.29, 1.82) is 0 Å². The molecule has 2 N–H and O–H groups in total. The van der Waals surface area contributed by atoms with E-state index in [0.717, 1.165) is 29.9 Å². The molecule has 2 saturated heterocycles. The number of ether oxygens (including phenoxy) is 1. The maximum Gasteiger partial charge on any atom is 0.522 e. The van der Waals surface area contributed by atoms with Gasteiger partial charge >= 0.3 is 6.36 Å². The number of rotatable bonds is 8. The van der Waals surface area contributed by atoms with Gasteiger partial charge in [0.1, 0.15) is 24.3 Å². The molecule has 0 radical (unpaired) electrons. The maximum atomic E-state index is 14.3. The molecule has 36 heavy (non-hydrogen) atoms. The van der Waals surface area contributed by atoms with Gasteiger partial charge in [-0.15, -0.1) is 13.2 Å². The molecule has 13 heteroatoms. The average molecular weight is 517 g/mol. The van der Waals surface area contributed by atoms with E-state index >= 15 is 0 Å². The van der Waals surface area contributed by atoms with Gasteiger partial charge in [-0.3, -0.25) is 23.9 Å². The van der Waals surface area contributed by atoms with E-state index in [-0.39, 0.29) is 30.7 Å². The number of halogens is 5. The fourth-order valence-corrected chi connectivity index (χ4v) is 4.81. The Morgan fingerprint density at radius 2 is 1.94 bits per heavy atom. The van der Waals surface area contributed by atoms with Gasteiger partial charge in [0.05, 0.1) is 11.6 Å². The number of Topliss-reactive ketones (excluding diaryl/α,β-unsaturated/α-hetero) is 1. The molecule has 4 rings (SSSR count). The van der Waals surface area contributed by atoms with Crippen molar-refractivity contribution in [3.63, 3.8) is 0 Å². The van der Waals surface area contributed by atoms with Gasteiger partial charge < -0.3 is 15.5 Å². The Morgan fingerprint density at radius 3 is 2.53 bits per heavy atom. The van der Waals surface area contributed by atoms with Crippen LogP contribution < -0.4 is 10.6 Å². The van der Waals surface area contributed by atoms with Crippen molar-refractivity contribution in [2.75, 3.05) is 19.7 Å². The minimum Gasteiger partial charge on any atom is -0.356 e. The van der Waals surface area contributed by atoms with Crippen LogP contribution in [-0.4, -0.2) is 66.5 Å². The van der Waals surface area contributed by atoms with Crippen LogP contribution in [0.3, 0.4) is 0 Å². The molecule has 196 valence electrons. The predicted molar refractivity (Wildman–Crippen MR) is 112 cm³/mol. The van der Waals surface area contributed by atoms with Crippen LogP contribution in [0.25, 0.3) is 0 Å². The summed E-state index contributed by atoms with van der Waals surface area (Å²) in [6.07, 6.45) is -3.32. The summed E-state index contributed by atoms with van der Waals surface area (Å²) >= 11 is 0. The van der Waals surface area contributed by atoms with Gasteiger partial charge in [0.25, 0.3) is 5.91 Å². The number of alkyl halides is 3. The summed E-state index contributed by atoms with van der Waals surface area (Å²) < 4.78 is 68.6. The number of likely N-dealkylation sites (tertiary alicyclic amines) is 1. The number of carbonyl (C=O) groups is 4. The van der Waals surface area contributed by atoms with E-state index < -0.39 is 65.8 Å². The zero-order valence-corrected chi connectivity index (χ0v) is 19.0. The highest BCUT2D eigenvalue weighted by Gasteiger charge is 2.55. The first kappa shape index (κ1) is 26.0. The number of nitrogens with one attached hydrogen (secondary N) is 2. The van der Waals surface area contributed by atoms with Crippen molar-refractivity contribution >= 4 is 23.5 Å². The van der Waals surface area contributed by atoms with E-state index in [9.17, 15) is 41.1 Å². The number of nitrogens with zero attached hydrogens (tertiary/aromatic N) is 1. The Hall–Kier alpha value is -3.09. The molecular formula is C23H24F5N3O5. The largest absolute Gasteiger partial charge is 0.522 e. The summed E-state index contributed by atoms with van der Waals surface area (Å²) in [6, 6.07) is -0.159. The highest BCUT2D eigenvalue weighted by molar-refractivity contribution is 5.99. The lowest BCUT2D eigenvalue weighted by Gasteiger charge is -2.27. The number of carbonyl (C=O) groups excluding carboxylic acids is 4. The second kappa shape index (κ2) is 9.75. The molecule has 2 aliphatic heterocycles. The van der Waals surface area contributed by atoms with Gasteiger partial charge in [-0.05, 0) is 49.7 Å². The third kappa shape index (κ3) is 5.82. The van der Waals surface area contributed by atoms with Crippen molar-refractivity contribution in [3.05, 3.63) is 35.4 Å². The molecule has 1 aromatic rings. The van der Waals surface area contributed by atoms with Gasteiger partial charge in [-0.2, -0.15) is 0 Å². The van der Waals surface area contributed by atoms with E-state index in [1.165, 1.54) is 0 Å². The van der Waals surface area contributed by atoms with Crippen LogP contribution in [0.5, 0.6) is 0 Å². The van der Waals surface area contributed by atoms with E-state index in [4.69, 9.17) is 0 Å². The Labute approximate surface area is 202 Å². The molecule has 1 spiro atoms. The number of ketones is 1. The number of hydrogen-bond donors (Lipinski definition) is 2. The summed E-state index contributed by atoms with van der Waals surface area (Å²) in [5.74, 6) is -5.79. The molecule has 0 unspecified atom stereocenters. The highest BCUT2D eigenvalue weighted by atomic mass is 19.4. The summed E-state index contributed by atoms with van der Waals surface area (Å²) in [6.45, 7) is -0.892. The van der Waals surface area contributed by atoms with E-state index in [0.29, 0.717) is 19.0 Å². The Bertz CT molecular complexity index is 1070. The molecule has 1 aromatic carbocycles. The second-order valence-electron chi connectivity index (χ2n) is 9.55. The second-order valence-corrected chi connectivity index (χ2v) is 9.55. The van der Waals surface area contributed by atoms with E-state index in [1.807, 2.05) is 0 Å². The van der Waals surface area contributed by atoms with Crippen molar-refractivity contribution in [3.8, 4) is 0 Å². The van der Waals surface area contributed by atoms with Gasteiger partial charge in [0.2, 0.25) is 11.8 Å². The van der Waals surface area contributed by atoms with Gasteiger partial charge in [0, 0.05) is 25.1 Å². The molecule has 8 nitrogen and oxygen atoms in total. The van der Waals surface area contributed by atoms with Crippen LogP contribution in [0.2, 0.25) is 0 Å². The smallest absolute Gasteiger partial charge is 0.356 e. The fourth-order valence-electron chi connectivity index (χ4n) is 4.81. The van der Waals surface area contributed by atoms with Crippen molar-refractivity contribution in [2.24, 2.45) is 11.3 Å². The molecule has 0 aromatic heterocycles. The summed E-state index contributed by atoms with van der Waals surface area (Å²) in [5, 5.41) is 4.96. The third-order valence-corrected chi connectivity index (χ3v) is 6.96. The van der Waals surface area contributed by atoms with Crippen LogP contribution in [0.15, 0.2) is 18.2 Å². The maximum absolute atomic E-state index is 14.3. The number of amides is 3. The van der Waals surface area contributed by atoms with E-state index in [1.54, 1.807) is 0 Å². The normalized spacial score (nSPS) is 23.5. The lowest BCUT2D eigenvalue weighted by atomic mass is 9.95. The molecule has 2 heterocycles. The van der Waals surface area contributed by atoms with Crippen LogP contribution in [0.4, 0.5) is 22.0 Å². The minimum atomic E-state index is -5.07. The zero-order chi connectivity index (χ0) is 26.3. The quantitative estimate of drug-likeness (QED) is 0.514. The molecule has 1 aliphatic carbocycles. The molecule has 0 bridgehead atoms. The first-order chi connectivity index (χ1) is 16.9. The lowest BCUT2D eigenvalue weighted by molar-refractivity contribution is -0.321. The van der Waals surface area contributed by atoms with Gasteiger partial charge in [-0.25, -0.2) is 8.78 Å². The Morgan fingerprint density at radius 1 is 1.22 bits per heavy atom. The predicted octanol–water partition coefficient (Wildman–Crippen LogP) is 2.08. The molecule has 3 aliphatic rings. The summed E-state index contributed by atoms with van der Waals surface area (Å²) in [5.41, 5.74) is -0.779. The average Bonchev–Trinajstić information content (AvgIpc) is 3.25. The van der Waals surface area contributed by atoms with Crippen LogP contribution in [-0.2, 0) is 19.1 Å². The standard InChI is InChI=1S/C23H24F5N3O5/c24-13-1-2-14(15(25)8-13)21(35)31-11-22(4-5-22)9-17(31)20(34)30-16(7-12-3-6-29-19(12)33)18(32)10-36-23(26,27)28/h1-2,8,12,16-17H,3-7,9-11H2,(H,29,33)(H,30,34)/t12-,16-,17-/m0/s1. The molecule has 3 atom stereocenters. The summed E-state index contributed by atoms with van der Waals surface area (Å²) in [4.78, 5) is 52.0. The number of benzene rings is 1. The van der Waals surface area contributed by atoms with Crippen molar-refractivity contribution < 1.29 is 45.9 Å². The first-order valence-electron chi connectivity index (χ1n) is 11.4. The van der Waals surface area contributed by atoms with Crippen LogP contribution >= 0.6 is 0 Å². The molecule has 1 saturated carbocycles. The van der Waals surface area contributed by atoms with Gasteiger partial charge in [0.15, 0.2) is 5.78 Å². The zero-order valence-electron chi connectivity index (χ0n) is 19.0. The van der Waals surface area contributed by atoms with Crippen LogP contribution in [0, 0.1) is 23.0 Å². The summed E-state index contributed by atoms with van der Waals surface area (Å²) in [7, 11) is 0. The Balaban J connectivity index is 1.52.